The molecule has 1 atom stereocenters. The summed E-state index contributed by atoms with van der Waals surface area (Å²) in [5.41, 5.74) is 8.15. The van der Waals surface area contributed by atoms with Crippen molar-refractivity contribution in [2.75, 3.05) is 20.3 Å². The highest BCUT2D eigenvalue weighted by Crippen LogP contribution is 2.34. The van der Waals surface area contributed by atoms with Crippen LogP contribution in [0.3, 0.4) is 0 Å². The summed E-state index contributed by atoms with van der Waals surface area (Å²) in [6.45, 7) is 9.37. The molecule has 188 valence electrons. The maximum Gasteiger partial charge on any atom is 0.306 e. The number of benzene rings is 2. The number of nitrogens with zero attached hydrogens (tertiary/aromatic N) is 2. The number of carbonyl (C=O) groups excluding carboxylic acids is 2. The van der Waals surface area contributed by atoms with Crippen LogP contribution in [-0.2, 0) is 22.5 Å². The van der Waals surface area contributed by atoms with Crippen LogP contribution in [0.1, 0.15) is 68.6 Å². The lowest BCUT2D eigenvalue weighted by Gasteiger charge is -2.30. The molecule has 0 saturated carbocycles. The number of hydrogen-bond donors (Lipinski definition) is 0. The summed E-state index contributed by atoms with van der Waals surface area (Å²) in [4.78, 5) is 32.3. The summed E-state index contributed by atoms with van der Waals surface area (Å²) in [6.07, 6.45) is 2.80. The van der Waals surface area contributed by atoms with Crippen molar-refractivity contribution in [3.63, 3.8) is 0 Å². The maximum atomic E-state index is 13.4. The van der Waals surface area contributed by atoms with Crippen LogP contribution in [0.4, 0.5) is 0 Å². The molecule has 0 N–H and O–H groups in total. The molecule has 2 heterocycles. The molecule has 1 aliphatic rings. The minimum atomic E-state index is -0.248. The van der Waals surface area contributed by atoms with Crippen molar-refractivity contribution >= 4 is 11.9 Å². The van der Waals surface area contributed by atoms with E-state index in [1.165, 1.54) is 5.56 Å². The van der Waals surface area contributed by atoms with Gasteiger partial charge in [-0.05, 0) is 73.6 Å². The highest BCUT2D eigenvalue weighted by Gasteiger charge is 2.26. The van der Waals surface area contributed by atoms with Gasteiger partial charge >= 0.3 is 5.97 Å². The van der Waals surface area contributed by atoms with Crippen LogP contribution in [-0.4, -0.2) is 42.0 Å². The second kappa shape index (κ2) is 10.9. The van der Waals surface area contributed by atoms with Gasteiger partial charge in [0.1, 0.15) is 0 Å². The summed E-state index contributed by atoms with van der Waals surface area (Å²) in [5.74, 6) is 0.141. The Morgan fingerprint density at radius 3 is 2.56 bits per heavy atom. The van der Waals surface area contributed by atoms with Crippen molar-refractivity contribution in [1.29, 1.82) is 0 Å². The van der Waals surface area contributed by atoms with Gasteiger partial charge in [-0.15, -0.1) is 0 Å². The van der Waals surface area contributed by atoms with Gasteiger partial charge in [0.15, 0.2) is 0 Å². The second-order valence-electron chi connectivity index (χ2n) is 9.47. The number of hydrogen-bond acceptors (Lipinski definition) is 5. The van der Waals surface area contributed by atoms with Crippen molar-refractivity contribution in [1.82, 2.24) is 9.88 Å². The molecule has 0 bridgehead atoms. The smallest absolute Gasteiger partial charge is 0.306 e. The summed E-state index contributed by atoms with van der Waals surface area (Å²) in [7, 11) is 1.59. The Kier molecular flexibility index (Phi) is 7.73. The number of ether oxygens (including phenoxy) is 2. The highest BCUT2D eigenvalue weighted by atomic mass is 16.5. The average Bonchev–Trinajstić information content (AvgIpc) is 2.88. The average molecular weight is 487 g/mol. The van der Waals surface area contributed by atoms with E-state index in [-0.39, 0.29) is 24.2 Å². The van der Waals surface area contributed by atoms with Crippen molar-refractivity contribution in [2.24, 2.45) is 0 Å². The molecule has 4 rings (SSSR count). The van der Waals surface area contributed by atoms with Gasteiger partial charge in [-0.25, -0.2) is 4.98 Å². The molecule has 0 radical (unpaired) electrons. The number of aromatic nitrogens is 1. The predicted octanol–water partition coefficient (Wildman–Crippen LogP) is 5.30. The SMILES string of the molecule is CCOC(=O)C[C@@H](c1ccc2c(c1)CN(C(=O)c1cc(C)ccc1C)CC2)c1cnc(OC)cc1C. The number of pyridine rings is 1. The minimum absolute atomic E-state index is 0.0607. The van der Waals surface area contributed by atoms with E-state index in [9.17, 15) is 9.59 Å². The number of fused-ring (bicyclic) bond motifs is 1. The van der Waals surface area contributed by atoms with Crippen LogP contribution in [0.15, 0.2) is 48.7 Å². The van der Waals surface area contributed by atoms with E-state index < -0.39 is 0 Å². The molecule has 1 aromatic heterocycles. The van der Waals surface area contributed by atoms with Gasteiger partial charge < -0.3 is 14.4 Å². The van der Waals surface area contributed by atoms with E-state index in [0.29, 0.717) is 25.6 Å². The predicted molar refractivity (Wildman–Crippen MR) is 139 cm³/mol. The van der Waals surface area contributed by atoms with Gasteiger partial charge in [-0.1, -0.05) is 35.9 Å². The molecule has 2 aromatic carbocycles. The summed E-state index contributed by atoms with van der Waals surface area (Å²) in [6, 6.07) is 14.3. The molecule has 3 aromatic rings. The van der Waals surface area contributed by atoms with Gasteiger partial charge in [0, 0.05) is 36.8 Å². The summed E-state index contributed by atoms with van der Waals surface area (Å²) < 4.78 is 10.6. The Bertz CT molecular complexity index is 1280. The highest BCUT2D eigenvalue weighted by molar-refractivity contribution is 5.96. The van der Waals surface area contributed by atoms with E-state index in [0.717, 1.165) is 45.4 Å². The molecule has 6 heteroatoms. The van der Waals surface area contributed by atoms with Crippen molar-refractivity contribution in [3.8, 4) is 5.88 Å². The first-order valence-electron chi connectivity index (χ1n) is 12.4. The zero-order valence-corrected chi connectivity index (χ0v) is 21.8. The van der Waals surface area contributed by atoms with Crippen molar-refractivity contribution in [3.05, 3.63) is 93.2 Å². The zero-order chi connectivity index (χ0) is 25.8. The quantitative estimate of drug-likeness (QED) is 0.424. The maximum absolute atomic E-state index is 13.4. The van der Waals surface area contributed by atoms with E-state index in [2.05, 4.69) is 23.2 Å². The van der Waals surface area contributed by atoms with Crippen LogP contribution in [0.2, 0.25) is 0 Å². The van der Waals surface area contributed by atoms with E-state index >= 15 is 0 Å². The van der Waals surface area contributed by atoms with Gasteiger partial charge in [0.05, 0.1) is 20.1 Å². The fourth-order valence-electron chi connectivity index (χ4n) is 4.91. The molecule has 36 heavy (non-hydrogen) atoms. The van der Waals surface area contributed by atoms with Gasteiger partial charge in [-0.2, -0.15) is 0 Å². The van der Waals surface area contributed by atoms with Crippen LogP contribution in [0.25, 0.3) is 0 Å². The topological polar surface area (TPSA) is 68.7 Å². The molecule has 1 aliphatic heterocycles. The molecular weight excluding hydrogens is 452 g/mol. The number of rotatable bonds is 7. The Morgan fingerprint density at radius 2 is 1.83 bits per heavy atom. The molecule has 6 nitrogen and oxygen atoms in total. The lowest BCUT2D eigenvalue weighted by Crippen LogP contribution is -2.36. The fourth-order valence-corrected chi connectivity index (χ4v) is 4.91. The number of methoxy groups -OCH3 is 1. The van der Waals surface area contributed by atoms with E-state index in [4.69, 9.17) is 9.47 Å². The first-order chi connectivity index (χ1) is 17.3. The molecule has 0 unspecified atom stereocenters. The van der Waals surface area contributed by atoms with E-state index in [1.807, 2.05) is 56.9 Å². The minimum Gasteiger partial charge on any atom is -0.481 e. The molecule has 0 spiro atoms. The lowest BCUT2D eigenvalue weighted by atomic mass is 9.84. The van der Waals surface area contributed by atoms with E-state index in [1.54, 1.807) is 13.3 Å². The summed E-state index contributed by atoms with van der Waals surface area (Å²) in [5, 5.41) is 0. The monoisotopic (exact) mass is 486 g/mol. The Labute approximate surface area is 213 Å². The van der Waals surface area contributed by atoms with Crippen molar-refractivity contribution < 1.29 is 19.1 Å². The molecule has 0 fully saturated rings. The third kappa shape index (κ3) is 5.43. The Morgan fingerprint density at radius 1 is 1.03 bits per heavy atom. The number of carbonyl (C=O) groups is 2. The first-order valence-corrected chi connectivity index (χ1v) is 12.4. The standard InChI is InChI=1S/C30H34N2O4/c1-6-36-29(33)16-26(27-17-31-28(35-5)14-21(27)4)23-10-9-22-11-12-32(18-24(22)15-23)30(34)25-13-19(2)7-8-20(25)3/h7-10,13-15,17,26H,6,11-12,16,18H2,1-5H3/t26-/m0/s1. The number of aryl methyl sites for hydroxylation is 3. The Hall–Kier alpha value is -3.67. The fraction of sp³-hybridized carbons (Fsp3) is 0.367. The second-order valence-corrected chi connectivity index (χ2v) is 9.47. The van der Waals surface area contributed by atoms with Crippen molar-refractivity contribution in [2.45, 2.75) is 53.0 Å². The van der Waals surface area contributed by atoms with Gasteiger partial charge in [0.2, 0.25) is 5.88 Å². The summed E-state index contributed by atoms with van der Waals surface area (Å²) >= 11 is 0. The third-order valence-corrected chi connectivity index (χ3v) is 6.94. The van der Waals surface area contributed by atoms with Crippen LogP contribution in [0, 0.1) is 20.8 Å². The lowest BCUT2D eigenvalue weighted by molar-refractivity contribution is -0.143. The Balaban J connectivity index is 1.66. The third-order valence-electron chi connectivity index (χ3n) is 6.94. The van der Waals surface area contributed by atoms with Crippen LogP contribution in [0.5, 0.6) is 5.88 Å². The van der Waals surface area contributed by atoms with Gasteiger partial charge in [-0.3, -0.25) is 9.59 Å². The first kappa shape index (κ1) is 25.4. The largest absolute Gasteiger partial charge is 0.481 e. The van der Waals surface area contributed by atoms with Crippen LogP contribution < -0.4 is 4.74 Å². The van der Waals surface area contributed by atoms with Crippen LogP contribution >= 0.6 is 0 Å². The molecule has 0 aliphatic carbocycles. The molecule has 0 saturated heterocycles. The normalized spacial score (nSPS) is 13.6. The molecule has 1 amide bonds. The van der Waals surface area contributed by atoms with Gasteiger partial charge in [0.25, 0.3) is 5.91 Å². The number of amides is 1. The zero-order valence-electron chi connectivity index (χ0n) is 21.8. The number of esters is 1. The molecular formula is C30H34N2O4.